The summed E-state index contributed by atoms with van der Waals surface area (Å²) in [5, 5.41) is 46.1. The maximum absolute atomic E-state index is 12.1. The van der Waals surface area contributed by atoms with Crippen molar-refractivity contribution in [1.29, 1.82) is 0 Å². The minimum absolute atomic E-state index is 0.208. The molecule has 6 atom stereocenters. The Morgan fingerprint density at radius 3 is 2.53 bits per heavy atom. The first-order chi connectivity index (χ1) is 17.9. The van der Waals surface area contributed by atoms with Crippen molar-refractivity contribution < 1.29 is 28.5 Å². The Labute approximate surface area is 222 Å². The Hall–Kier alpha value is -2.45. The van der Waals surface area contributed by atoms with Gasteiger partial charge in [-0.3, -0.25) is 9.69 Å². The summed E-state index contributed by atoms with van der Waals surface area (Å²) in [5.41, 5.74) is 0.632. The van der Waals surface area contributed by atoms with Crippen LogP contribution in [0.5, 0.6) is 0 Å². The number of hydrogen-bond donors (Lipinski definition) is 4. The summed E-state index contributed by atoms with van der Waals surface area (Å²) in [4.78, 5) is 15.8. The van der Waals surface area contributed by atoms with Gasteiger partial charge in [-0.2, -0.15) is 4.80 Å². The Morgan fingerprint density at radius 2 is 1.87 bits per heavy atom. The lowest BCUT2D eigenvalue weighted by atomic mass is 9.69. The topological polar surface area (TPSA) is 171 Å². The van der Waals surface area contributed by atoms with Crippen molar-refractivity contribution in [1.82, 2.24) is 30.4 Å². The van der Waals surface area contributed by atoms with Gasteiger partial charge < -0.3 is 20.6 Å². The monoisotopic (exact) mass is 548 g/mol. The van der Waals surface area contributed by atoms with Gasteiger partial charge in [0, 0.05) is 24.9 Å². The standard InChI is InChI=1S/C25H36N6O6S/c1-25(34,35)22-10-18-9-15(3-4-17(18)12-26-22)13-30-14-19(11-21(30)24(32)33)31-28-23(27-29-31)16-5-7-20(8-6-16)38(2,36)37/h5-8,15,17-19,21-22,26,34-35H,3-4,9-14H2,1-2H3,(H,32,33)/t15-,17-,18+,19-,21-,22-/m0/s1. The lowest BCUT2D eigenvalue weighted by Crippen LogP contribution is -2.56. The highest BCUT2D eigenvalue weighted by Gasteiger charge is 2.44. The minimum atomic E-state index is -3.31. The lowest BCUT2D eigenvalue weighted by Gasteiger charge is -2.45. The van der Waals surface area contributed by atoms with Crippen LogP contribution in [0.2, 0.25) is 0 Å². The van der Waals surface area contributed by atoms with Gasteiger partial charge in [-0.25, -0.2) is 8.42 Å². The molecule has 208 valence electrons. The van der Waals surface area contributed by atoms with Crippen molar-refractivity contribution >= 4 is 15.8 Å². The third-order valence-corrected chi connectivity index (χ3v) is 9.66. The fourth-order valence-electron chi connectivity index (χ4n) is 6.43. The van der Waals surface area contributed by atoms with Gasteiger partial charge in [-0.05, 0) is 92.8 Å². The zero-order valence-corrected chi connectivity index (χ0v) is 22.5. The summed E-state index contributed by atoms with van der Waals surface area (Å²) < 4.78 is 23.4. The number of carboxylic acid groups (broad SMARTS) is 1. The highest BCUT2D eigenvalue weighted by molar-refractivity contribution is 7.90. The predicted octanol–water partition coefficient (Wildman–Crippen LogP) is 0.539. The van der Waals surface area contributed by atoms with Gasteiger partial charge >= 0.3 is 5.97 Å². The number of rotatable bonds is 7. The molecule has 1 aliphatic carbocycles. The molecule has 0 spiro atoms. The smallest absolute Gasteiger partial charge is 0.321 e. The van der Waals surface area contributed by atoms with E-state index in [2.05, 4.69) is 20.7 Å². The number of aliphatic hydroxyl groups is 2. The number of nitrogens with zero attached hydrogens (tertiary/aromatic N) is 5. The summed E-state index contributed by atoms with van der Waals surface area (Å²) in [6.07, 6.45) is 5.23. The maximum atomic E-state index is 12.1. The molecule has 1 aromatic carbocycles. The van der Waals surface area contributed by atoms with Crippen molar-refractivity contribution in [3.05, 3.63) is 24.3 Å². The number of likely N-dealkylation sites (tertiary alicyclic amines) is 1. The Balaban J connectivity index is 1.24. The van der Waals surface area contributed by atoms with E-state index < -0.39 is 27.6 Å². The van der Waals surface area contributed by atoms with E-state index in [-0.39, 0.29) is 17.0 Å². The predicted molar refractivity (Wildman–Crippen MR) is 137 cm³/mol. The molecule has 13 heteroatoms. The van der Waals surface area contributed by atoms with E-state index >= 15 is 0 Å². The van der Waals surface area contributed by atoms with Crippen molar-refractivity contribution in [2.24, 2.45) is 17.8 Å². The van der Waals surface area contributed by atoms with Crippen LogP contribution in [-0.2, 0) is 14.6 Å². The molecule has 1 aromatic heterocycles. The van der Waals surface area contributed by atoms with Crippen molar-refractivity contribution in [2.45, 2.75) is 67.8 Å². The number of carboxylic acids is 1. The zero-order valence-electron chi connectivity index (χ0n) is 21.6. The highest BCUT2D eigenvalue weighted by atomic mass is 32.2. The third-order valence-electron chi connectivity index (χ3n) is 8.53. The second-order valence-corrected chi connectivity index (χ2v) is 13.4. The maximum Gasteiger partial charge on any atom is 0.321 e. The number of aliphatic carboxylic acids is 1. The van der Waals surface area contributed by atoms with Gasteiger partial charge in [-0.15, -0.1) is 10.2 Å². The Bertz CT molecular complexity index is 1260. The minimum Gasteiger partial charge on any atom is -0.480 e. The Morgan fingerprint density at radius 1 is 1.13 bits per heavy atom. The van der Waals surface area contributed by atoms with Crippen LogP contribution in [0.4, 0.5) is 0 Å². The van der Waals surface area contributed by atoms with Gasteiger partial charge in [-0.1, -0.05) is 0 Å². The first-order valence-electron chi connectivity index (χ1n) is 13.1. The molecule has 0 radical (unpaired) electrons. The van der Waals surface area contributed by atoms with Crippen molar-refractivity contribution in [3.8, 4) is 11.4 Å². The highest BCUT2D eigenvalue weighted by Crippen LogP contribution is 2.41. The summed E-state index contributed by atoms with van der Waals surface area (Å²) in [7, 11) is -3.31. The molecule has 2 saturated heterocycles. The molecule has 3 fully saturated rings. The largest absolute Gasteiger partial charge is 0.480 e. The number of piperidine rings is 1. The molecule has 0 amide bonds. The van der Waals surface area contributed by atoms with Gasteiger partial charge in [0.15, 0.2) is 15.6 Å². The number of sulfone groups is 1. The molecule has 4 N–H and O–H groups in total. The van der Waals surface area contributed by atoms with E-state index in [1.54, 1.807) is 12.1 Å². The second-order valence-electron chi connectivity index (χ2n) is 11.4. The quantitative estimate of drug-likeness (QED) is 0.356. The van der Waals surface area contributed by atoms with Crippen LogP contribution < -0.4 is 5.32 Å². The van der Waals surface area contributed by atoms with E-state index in [0.29, 0.717) is 55.1 Å². The van der Waals surface area contributed by atoms with Crippen LogP contribution in [0.15, 0.2) is 29.2 Å². The molecule has 3 aliphatic rings. The molecular weight excluding hydrogens is 512 g/mol. The number of fused-ring (bicyclic) bond motifs is 1. The first kappa shape index (κ1) is 27.1. The SMILES string of the molecule is CC(O)(O)[C@@H]1C[C@H]2C[C@@H](CN3C[C@@H](n4nnc(-c5ccc(S(C)(=O)=O)cc5)n4)C[C@H]3C(=O)O)CC[C@H]2CN1. The summed E-state index contributed by atoms with van der Waals surface area (Å²) in [5.74, 6) is -1.03. The molecule has 1 saturated carbocycles. The number of aromatic nitrogens is 4. The lowest BCUT2D eigenvalue weighted by molar-refractivity contribution is -0.179. The fourth-order valence-corrected chi connectivity index (χ4v) is 7.06. The summed E-state index contributed by atoms with van der Waals surface area (Å²) in [6, 6.07) is 5.04. The molecule has 3 heterocycles. The van der Waals surface area contributed by atoms with Gasteiger partial charge in [0.2, 0.25) is 5.82 Å². The average Bonchev–Trinajstić information content (AvgIpc) is 3.50. The molecule has 38 heavy (non-hydrogen) atoms. The number of nitrogens with one attached hydrogen (secondary N) is 1. The summed E-state index contributed by atoms with van der Waals surface area (Å²) >= 11 is 0. The second kappa shape index (κ2) is 10.3. The molecular formula is C25H36N6O6S. The molecule has 0 unspecified atom stereocenters. The van der Waals surface area contributed by atoms with Crippen LogP contribution in [0.1, 0.15) is 45.1 Å². The van der Waals surface area contributed by atoms with E-state index in [1.165, 1.54) is 23.9 Å². The van der Waals surface area contributed by atoms with Crippen molar-refractivity contribution in [2.75, 3.05) is 25.9 Å². The number of tetrazole rings is 1. The zero-order chi connectivity index (χ0) is 27.2. The van der Waals surface area contributed by atoms with Gasteiger partial charge in [0.1, 0.15) is 6.04 Å². The van der Waals surface area contributed by atoms with Crippen LogP contribution in [0, 0.1) is 17.8 Å². The van der Waals surface area contributed by atoms with E-state index in [1.807, 2.05) is 4.90 Å². The van der Waals surface area contributed by atoms with Crippen LogP contribution in [-0.4, -0.2) is 98.6 Å². The molecule has 12 nitrogen and oxygen atoms in total. The molecule has 2 aromatic rings. The van der Waals surface area contributed by atoms with Crippen LogP contribution >= 0.6 is 0 Å². The normalized spacial score (nSPS) is 30.7. The fraction of sp³-hybridized carbons (Fsp3) is 0.680. The molecule has 5 rings (SSSR count). The van der Waals surface area contributed by atoms with E-state index in [9.17, 15) is 28.5 Å². The Kier molecular flexibility index (Phi) is 7.33. The summed E-state index contributed by atoms with van der Waals surface area (Å²) in [6.45, 7) is 3.36. The first-order valence-corrected chi connectivity index (χ1v) is 15.0. The van der Waals surface area contributed by atoms with Gasteiger partial charge in [0.25, 0.3) is 0 Å². The van der Waals surface area contributed by atoms with Crippen LogP contribution in [0.3, 0.4) is 0 Å². The molecule has 0 bridgehead atoms. The third kappa shape index (κ3) is 5.76. The number of carbonyl (C=O) groups is 1. The number of hydrogen-bond acceptors (Lipinski definition) is 10. The van der Waals surface area contributed by atoms with Crippen molar-refractivity contribution in [3.63, 3.8) is 0 Å². The number of benzene rings is 1. The van der Waals surface area contributed by atoms with E-state index in [4.69, 9.17) is 0 Å². The van der Waals surface area contributed by atoms with Gasteiger partial charge in [0.05, 0.1) is 17.0 Å². The van der Waals surface area contributed by atoms with E-state index in [0.717, 1.165) is 32.1 Å². The average molecular weight is 549 g/mol. The molecule has 2 aliphatic heterocycles. The van der Waals surface area contributed by atoms with Crippen LogP contribution in [0.25, 0.3) is 11.4 Å².